The molecule has 0 aliphatic heterocycles. The average Bonchev–Trinajstić information content (AvgIpc) is 2.74. The molecule has 148 valence electrons. The minimum Gasteiger partial charge on any atom is -0.425 e. The number of nitrogens with two attached hydrogens (primary N) is 1. The quantitative estimate of drug-likeness (QED) is 0.495. The first-order valence-corrected chi connectivity index (χ1v) is 9.47. The molecule has 2 N–H and O–H groups in total. The molecule has 5 nitrogen and oxygen atoms in total. The highest BCUT2D eigenvalue weighted by atomic mass is 16.5. The van der Waals surface area contributed by atoms with Crippen molar-refractivity contribution in [1.82, 2.24) is 4.90 Å². The van der Waals surface area contributed by atoms with E-state index in [1.54, 1.807) is 19.1 Å². The van der Waals surface area contributed by atoms with Crippen LogP contribution in [0.25, 0.3) is 11.1 Å². The van der Waals surface area contributed by atoms with Gasteiger partial charge in [-0.25, -0.2) is 4.79 Å². The number of hydrogen-bond donors (Lipinski definition) is 1. The summed E-state index contributed by atoms with van der Waals surface area (Å²) in [5, 5.41) is 0. The monoisotopic (exact) mass is 388 g/mol. The molecule has 3 rings (SSSR count). The van der Waals surface area contributed by atoms with E-state index in [2.05, 4.69) is 0 Å². The fourth-order valence-corrected chi connectivity index (χ4v) is 2.97. The molecular formula is C24H24N2O3. The Morgan fingerprint density at radius 3 is 2.00 bits per heavy atom. The van der Waals surface area contributed by atoms with Crippen LogP contribution in [-0.2, 0) is 16.1 Å². The number of esters is 1. The summed E-state index contributed by atoms with van der Waals surface area (Å²) in [6.07, 6.45) is 0. The molecule has 3 aromatic rings. The molecule has 0 saturated heterocycles. The number of carbonyl (C=O) groups is 2. The first kappa shape index (κ1) is 20.3. The molecule has 5 heteroatoms. The molecule has 0 spiro atoms. The second kappa shape index (κ2) is 9.66. The largest absolute Gasteiger partial charge is 0.425 e. The van der Waals surface area contributed by atoms with Gasteiger partial charge in [-0.1, -0.05) is 72.8 Å². The summed E-state index contributed by atoms with van der Waals surface area (Å²) >= 11 is 0. The van der Waals surface area contributed by atoms with Gasteiger partial charge >= 0.3 is 5.97 Å². The summed E-state index contributed by atoms with van der Waals surface area (Å²) in [4.78, 5) is 26.3. The van der Waals surface area contributed by atoms with Crippen molar-refractivity contribution in [2.75, 3.05) is 6.54 Å². The molecule has 0 aromatic heterocycles. The topological polar surface area (TPSA) is 72.6 Å². The van der Waals surface area contributed by atoms with Crippen molar-refractivity contribution in [3.05, 3.63) is 90.5 Å². The molecule has 1 atom stereocenters. The van der Waals surface area contributed by atoms with Gasteiger partial charge in [-0.15, -0.1) is 0 Å². The fraction of sp³-hybridized carbons (Fsp3) is 0.167. The maximum Gasteiger partial charge on any atom is 0.331 e. The van der Waals surface area contributed by atoms with Crippen molar-refractivity contribution in [2.45, 2.75) is 19.5 Å². The lowest BCUT2D eigenvalue weighted by Crippen LogP contribution is -2.44. The zero-order valence-electron chi connectivity index (χ0n) is 16.3. The van der Waals surface area contributed by atoms with Crippen molar-refractivity contribution in [1.29, 1.82) is 0 Å². The van der Waals surface area contributed by atoms with Gasteiger partial charge in [0.05, 0.1) is 6.04 Å². The molecule has 3 aromatic carbocycles. The Hall–Kier alpha value is -3.44. The van der Waals surface area contributed by atoms with Crippen LogP contribution >= 0.6 is 0 Å². The number of benzene rings is 3. The van der Waals surface area contributed by atoms with E-state index in [4.69, 9.17) is 10.5 Å². The van der Waals surface area contributed by atoms with Crippen LogP contribution in [0, 0.1) is 0 Å². The van der Waals surface area contributed by atoms with Gasteiger partial charge in [-0.2, -0.15) is 0 Å². The SMILES string of the molecule is C[C@H](N)C(=O)N(CC(=O)Oc1ccc(-c2ccccc2)cc1)Cc1ccccc1. The van der Waals surface area contributed by atoms with Crippen molar-refractivity contribution in [3.8, 4) is 16.9 Å². The minimum absolute atomic E-state index is 0.171. The first-order valence-electron chi connectivity index (χ1n) is 9.47. The van der Waals surface area contributed by atoms with E-state index in [1.807, 2.05) is 72.8 Å². The number of amides is 1. The Morgan fingerprint density at radius 1 is 0.862 bits per heavy atom. The number of carbonyl (C=O) groups excluding carboxylic acids is 2. The van der Waals surface area contributed by atoms with Crippen LogP contribution in [-0.4, -0.2) is 29.4 Å². The Bertz CT molecular complexity index is 939. The van der Waals surface area contributed by atoms with Gasteiger partial charge < -0.3 is 15.4 Å². The lowest BCUT2D eigenvalue weighted by Gasteiger charge is -2.23. The third-order valence-corrected chi connectivity index (χ3v) is 4.43. The molecule has 0 aliphatic carbocycles. The van der Waals surface area contributed by atoms with E-state index in [9.17, 15) is 9.59 Å². The lowest BCUT2D eigenvalue weighted by atomic mass is 10.1. The third-order valence-electron chi connectivity index (χ3n) is 4.43. The van der Waals surface area contributed by atoms with Crippen LogP contribution < -0.4 is 10.5 Å². The van der Waals surface area contributed by atoms with Crippen LogP contribution in [0.4, 0.5) is 0 Å². The van der Waals surface area contributed by atoms with E-state index in [-0.39, 0.29) is 12.5 Å². The van der Waals surface area contributed by atoms with Gasteiger partial charge in [0.1, 0.15) is 12.3 Å². The fourth-order valence-electron chi connectivity index (χ4n) is 2.97. The highest BCUT2D eigenvalue weighted by Crippen LogP contribution is 2.22. The summed E-state index contributed by atoms with van der Waals surface area (Å²) in [5.74, 6) is -0.379. The van der Waals surface area contributed by atoms with Crippen LogP contribution in [0.2, 0.25) is 0 Å². The van der Waals surface area contributed by atoms with E-state index >= 15 is 0 Å². The van der Waals surface area contributed by atoms with Crippen LogP contribution in [0.3, 0.4) is 0 Å². The number of hydrogen-bond acceptors (Lipinski definition) is 4. The van der Waals surface area contributed by atoms with Crippen molar-refractivity contribution < 1.29 is 14.3 Å². The van der Waals surface area contributed by atoms with E-state index in [0.29, 0.717) is 12.3 Å². The maximum absolute atomic E-state index is 12.4. The zero-order chi connectivity index (χ0) is 20.6. The normalized spacial score (nSPS) is 11.5. The van der Waals surface area contributed by atoms with Crippen molar-refractivity contribution >= 4 is 11.9 Å². The Balaban J connectivity index is 1.65. The van der Waals surface area contributed by atoms with E-state index < -0.39 is 12.0 Å². The molecular weight excluding hydrogens is 364 g/mol. The second-order valence-corrected chi connectivity index (χ2v) is 6.83. The third kappa shape index (κ3) is 5.77. The van der Waals surface area contributed by atoms with Crippen molar-refractivity contribution in [3.63, 3.8) is 0 Å². The average molecular weight is 388 g/mol. The van der Waals surface area contributed by atoms with Crippen molar-refractivity contribution in [2.24, 2.45) is 5.73 Å². The Kier molecular flexibility index (Phi) is 6.76. The Labute approximate surface area is 170 Å². The molecule has 0 heterocycles. The highest BCUT2D eigenvalue weighted by molar-refractivity contribution is 5.86. The van der Waals surface area contributed by atoms with E-state index in [0.717, 1.165) is 16.7 Å². The smallest absolute Gasteiger partial charge is 0.331 e. The first-order chi connectivity index (χ1) is 14.0. The van der Waals surface area contributed by atoms with Crippen LogP contribution in [0.1, 0.15) is 12.5 Å². The van der Waals surface area contributed by atoms with Crippen LogP contribution in [0.5, 0.6) is 5.75 Å². The molecule has 0 bridgehead atoms. The summed E-state index contributed by atoms with van der Waals surface area (Å²) < 4.78 is 5.43. The molecule has 29 heavy (non-hydrogen) atoms. The summed E-state index contributed by atoms with van der Waals surface area (Å²) in [6.45, 7) is 1.73. The minimum atomic E-state index is -0.698. The van der Waals surface area contributed by atoms with Gasteiger partial charge in [-0.05, 0) is 35.7 Å². The molecule has 0 radical (unpaired) electrons. The predicted octanol–water partition coefficient (Wildman–Crippen LogP) is 3.64. The zero-order valence-corrected chi connectivity index (χ0v) is 16.3. The second-order valence-electron chi connectivity index (χ2n) is 6.83. The summed E-state index contributed by atoms with van der Waals surface area (Å²) in [6, 6.07) is 26.0. The lowest BCUT2D eigenvalue weighted by molar-refractivity contribution is -0.143. The summed E-state index contributed by atoms with van der Waals surface area (Å²) in [5.41, 5.74) is 8.78. The highest BCUT2D eigenvalue weighted by Gasteiger charge is 2.21. The van der Waals surface area contributed by atoms with E-state index in [1.165, 1.54) is 4.90 Å². The summed E-state index contributed by atoms with van der Waals surface area (Å²) in [7, 11) is 0. The number of ether oxygens (including phenoxy) is 1. The van der Waals surface area contributed by atoms with Crippen LogP contribution in [0.15, 0.2) is 84.9 Å². The Morgan fingerprint density at radius 2 is 1.41 bits per heavy atom. The van der Waals surface area contributed by atoms with Gasteiger partial charge in [0, 0.05) is 6.54 Å². The van der Waals surface area contributed by atoms with Gasteiger partial charge in [0.25, 0.3) is 0 Å². The molecule has 0 unspecified atom stereocenters. The maximum atomic E-state index is 12.4. The predicted molar refractivity (Wildman–Crippen MR) is 113 cm³/mol. The molecule has 0 saturated carbocycles. The molecule has 0 fully saturated rings. The number of rotatable bonds is 7. The molecule has 0 aliphatic rings. The van der Waals surface area contributed by atoms with Gasteiger partial charge in [0.15, 0.2) is 0 Å². The van der Waals surface area contributed by atoms with Gasteiger partial charge in [-0.3, -0.25) is 4.79 Å². The number of nitrogens with zero attached hydrogens (tertiary/aromatic N) is 1. The standard InChI is InChI=1S/C24H24N2O3/c1-18(25)24(28)26(16-19-8-4-2-5-9-19)17-23(27)29-22-14-12-21(13-15-22)20-10-6-3-7-11-20/h2-15,18H,16-17,25H2,1H3/t18-/m0/s1. The van der Waals surface area contributed by atoms with Gasteiger partial charge in [0.2, 0.25) is 5.91 Å². The molecule has 1 amide bonds.